The molecule has 1 saturated heterocycles. The predicted octanol–water partition coefficient (Wildman–Crippen LogP) is 3.32. The fourth-order valence-corrected chi connectivity index (χ4v) is 3.14. The van der Waals surface area contributed by atoms with Crippen molar-refractivity contribution in [2.75, 3.05) is 13.1 Å². The normalized spacial score (nSPS) is 15.5. The molecule has 1 aliphatic rings. The van der Waals surface area contributed by atoms with Crippen molar-refractivity contribution in [3.05, 3.63) is 60.6 Å². The van der Waals surface area contributed by atoms with Crippen LogP contribution in [0.15, 0.2) is 54.7 Å². The number of likely N-dealkylation sites (tertiary alicyclic amines) is 1. The van der Waals surface area contributed by atoms with E-state index in [1.165, 1.54) is 19.3 Å². The molecule has 3 heterocycles. The molecule has 5 nitrogen and oxygen atoms in total. The number of benzene rings is 1. The van der Waals surface area contributed by atoms with Gasteiger partial charge in [0.05, 0.1) is 6.54 Å². The van der Waals surface area contributed by atoms with Gasteiger partial charge in [-0.05, 0) is 38.1 Å². The number of hydrogen-bond donors (Lipinski definition) is 0. The maximum atomic E-state index is 4.82. The highest BCUT2D eigenvalue weighted by molar-refractivity contribution is 5.54. The molecule has 0 N–H and O–H groups in total. The Hall–Kier alpha value is -2.53. The minimum absolute atomic E-state index is 0.758. The first-order valence-corrected chi connectivity index (χ1v) is 8.55. The van der Waals surface area contributed by atoms with Crippen molar-refractivity contribution in [2.24, 2.45) is 0 Å². The number of pyridine rings is 1. The topological polar surface area (TPSA) is 46.8 Å². The lowest BCUT2D eigenvalue weighted by Crippen LogP contribution is -2.30. The Balaban J connectivity index is 1.71. The average molecular weight is 319 g/mol. The largest absolute Gasteiger partial charge is 0.296 e. The first kappa shape index (κ1) is 15.0. The third-order valence-electron chi connectivity index (χ3n) is 4.39. The fraction of sp³-hybridized carbons (Fsp3) is 0.316. The lowest BCUT2D eigenvalue weighted by Gasteiger charge is -2.25. The number of piperidine rings is 1. The standard InChI is InChI=1S/C19H21N5/c1-3-9-16(10-4-1)19-21-18(15-23-13-7-2-8-14-23)24(22-19)17-11-5-6-12-20-17/h1,3-6,9-12H,2,7-8,13-15H2. The quantitative estimate of drug-likeness (QED) is 0.740. The van der Waals surface area contributed by atoms with Crippen molar-refractivity contribution >= 4 is 0 Å². The Morgan fingerprint density at radius 1 is 0.875 bits per heavy atom. The second-order valence-corrected chi connectivity index (χ2v) is 6.15. The molecule has 24 heavy (non-hydrogen) atoms. The molecule has 1 fully saturated rings. The van der Waals surface area contributed by atoms with Crippen LogP contribution in [0.3, 0.4) is 0 Å². The van der Waals surface area contributed by atoms with Gasteiger partial charge in [-0.1, -0.05) is 42.8 Å². The molecule has 122 valence electrons. The van der Waals surface area contributed by atoms with Gasteiger partial charge < -0.3 is 0 Å². The number of aromatic nitrogens is 4. The maximum absolute atomic E-state index is 4.82. The molecule has 2 aromatic heterocycles. The monoisotopic (exact) mass is 319 g/mol. The summed E-state index contributed by atoms with van der Waals surface area (Å²) >= 11 is 0. The van der Waals surface area contributed by atoms with Gasteiger partial charge in [-0.15, -0.1) is 5.10 Å². The lowest BCUT2D eigenvalue weighted by atomic mass is 10.1. The molecule has 0 spiro atoms. The molecule has 3 aromatic rings. The van der Waals surface area contributed by atoms with Crippen LogP contribution in [-0.2, 0) is 6.54 Å². The van der Waals surface area contributed by atoms with E-state index in [4.69, 9.17) is 10.1 Å². The zero-order valence-corrected chi connectivity index (χ0v) is 13.7. The Morgan fingerprint density at radius 2 is 1.67 bits per heavy atom. The van der Waals surface area contributed by atoms with Crippen LogP contribution in [0.25, 0.3) is 17.2 Å². The molecule has 0 amide bonds. The molecule has 0 saturated carbocycles. The third kappa shape index (κ3) is 3.21. The van der Waals surface area contributed by atoms with E-state index in [0.717, 1.165) is 42.7 Å². The summed E-state index contributed by atoms with van der Waals surface area (Å²) in [7, 11) is 0. The highest BCUT2D eigenvalue weighted by atomic mass is 15.4. The molecule has 4 rings (SSSR count). The van der Waals surface area contributed by atoms with E-state index < -0.39 is 0 Å². The van der Waals surface area contributed by atoms with Crippen LogP contribution in [0.4, 0.5) is 0 Å². The van der Waals surface area contributed by atoms with Gasteiger partial charge in [0.1, 0.15) is 5.82 Å². The minimum atomic E-state index is 0.758. The summed E-state index contributed by atoms with van der Waals surface area (Å²) in [4.78, 5) is 11.7. The molecule has 0 unspecified atom stereocenters. The first-order chi connectivity index (χ1) is 11.9. The van der Waals surface area contributed by atoms with Crippen LogP contribution in [0.5, 0.6) is 0 Å². The molecule has 1 aliphatic heterocycles. The summed E-state index contributed by atoms with van der Waals surface area (Å²) in [5, 5.41) is 4.73. The van der Waals surface area contributed by atoms with Crippen molar-refractivity contribution < 1.29 is 0 Å². The van der Waals surface area contributed by atoms with Crippen molar-refractivity contribution in [3.63, 3.8) is 0 Å². The highest BCUT2D eigenvalue weighted by Crippen LogP contribution is 2.19. The molecule has 0 atom stereocenters. The Labute approximate surface area is 142 Å². The molecule has 0 bridgehead atoms. The van der Waals surface area contributed by atoms with E-state index in [2.05, 4.69) is 9.88 Å². The van der Waals surface area contributed by atoms with Crippen LogP contribution in [-0.4, -0.2) is 37.7 Å². The maximum Gasteiger partial charge on any atom is 0.181 e. The zero-order chi connectivity index (χ0) is 16.2. The summed E-state index contributed by atoms with van der Waals surface area (Å²) < 4.78 is 1.89. The summed E-state index contributed by atoms with van der Waals surface area (Å²) in [5.41, 5.74) is 1.03. The third-order valence-corrected chi connectivity index (χ3v) is 4.39. The Morgan fingerprint density at radius 3 is 2.42 bits per heavy atom. The van der Waals surface area contributed by atoms with Gasteiger partial charge in [0, 0.05) is 11.8 Å². The van der Waals surface area contributed by atoms with Crippen LogP contribution >= 0.6 is 0 Å². The van der Waals surface area contributed by atoms with Crippen LogP contribution < -0.4 is 0 Å². The number of nitrogens with zero attached hydrogens (tertiary/aromatic N) is 5. The van der Waals surface area contributed by atoms with Crippen LogP contribution in [0.2, 0.25) is 0 Å². The molecular formula is C19H21N5. The summed E-state index contributed by atoms with van der Waals surface area (Å²) in [6, 6.07) is 16.0. The molecule has 5 heteroatoms. The minimum Gasteiger partial charge on any atom is -0.296 e. The van der Waals surface area contributed by atoms with E-state index in [1.54, 1.807) is 6.20 Å². The van der Waals surface area contributed by atoms with E-state index in [0.29, 0.717) is 0 Å². The zero-order valence-electron chi connectivity index (χ0n) is 13.7. The van der Waals surface area contributed by atoms with Crippen molar-refractivity contribution in [3.8, 4) is 17.2 Å². The number of rotatable bonds is 4. The van der Waals surface area contributed by atoms with E-state index >= 15 is 0 Å². The lowest BCUT2D eigenvalue weighted by molar-refractivity contribution is 0.214. The summed E-state index contributed by atoms with van der Waals surface area (Å²) in [6.45, 7) is 3.09. The van der Waals surface area contributed by atoms with Gasteiger partial charge >= 0.3 is 0 Å². The van der Waals surface area contributed by atoms with Crippen molar-refractivity contribution in [1.82, 2.24) is 24.6 Å². The van der Waals surface area contributed by atoms with Gasteiger partial charge in [-0.2, -0.15) is 4.68 Å². The van der Waals surface area contributed by atoms with Gasteiger partial charge in [-0.25, -0.2) is 9.97 Å². The van der Waals surface area contributed by atoms with Gasteiger partial charge in [0.25, 0.3) is 0 Å². The highest BCUT2D eigenvalue weighted by Gasteiger charge is 2.18. The first-order valence-electron chi connectivity index (χ1n) is 8.55. The van der Waals surface area contributed by atoms with Crippen LogP contribution in [0, 0.1) is 0 Å². The van der Waals surface area contributed by atoms with Gasteiger partial charge in [-0.3, -0.25) is 4.90 Å². The average Bonchev–Trinajstić information content (AvgIpc) is 3.08. The van der Waals surface area contributed by atoms with Gasteiger partial charge in [0.2, 0.25) is 0 Å². The van der Waals surface area contributed by atoms with E-state index in [1.807, 2.05) is 53.2 Å². The second kappa shape index (κ2) is 6.93. The van der Waals surface area contributed by atoms with Crippen LogP contribution in [0.1, 0.15) is 25.1 Å². The molecule has 1 aromatic carbocycles. The van der Waals surface area contributed by atoms with E-state index in [9.17, 15) is 0 Å². The Bertz CT molecular complexity index is 776. The van der Waals surface area contributed by atoms with Gasteiger partial charge in [0.15, 0.2) is 11.6 Å². The number of hydrogen-bond acceptors (Lipinski definition) is 4. The Kier molecular flexibility index (Phi) is 4.34. The van der Waals surface area contributed by atoms with Crippen molar-refractivity contribution in [2.45, 2.75) is 25.8 Å². The second-order valence-electron chi connectivity index (χ2n) is 6.15. The SMILES string of the molecule is c1ccc(-c2nc(CN3CCCCC3)n(-c3ccccn3)n2)cc1. The molecular weight excluding hydrogens is 298 g/mol. The van der Waals surface area contributed by atoms with Crippen molar-refractivity contribution in [1.29, 1.82) is 0 Å². The summed E-state index contributed by atoms with van der Waals surface area (Å²) in [6.07, 6.45) is 5.66. The molecule has 0 aliphatic carbocycles. The smallest absolute Gasteiger partial charge is 0.181 e. The predicted molar refractivity (Wildman–Crippen MR) is 93.7 cm³/mol. The fourth-order valence-electron chi connectivity index (χ4n) is 3.14. The summed E-state index contributed by atoms with van der Waals surface area (Å²) in [5.74, 6) is 2.53. The molecule has 0 radical (unpaired) electrons. The van der Waals surface area contributed by atoms with E-state index in [-0.39, 0.29) is 0 Å².